The van der Waals surface area contributed by atoms with E-state index in [1.54, 1.807) is 0 Å². The molecule has 0 atom stereocenters. The van der Waals surface area contributed by atoms with Crippen molar-refractivity contribution in [3.8, 4) is 0 Å². The van der Waals surface area contributed by atoms with E-state index in [4.69, 9.17) is 10.9 Å². The highest BCUT2D eigenvalue weighted by Gasteiger charge is 2.20. The number of amidine groups is 1. The summed E-state index contributed by atoms with van der Waals surface area (Å²) in [6, 6.07) is 5.96. The molecule has 0 bridgehead atoms. The SMILES string of the molecule is CN(C)CC1CCN(c2ccc(/C(N)=N/O)c(Br)c2)CC1. The number of benzene rings is 1. The molecule has 0 radical (unpaired) electrons. The smallest absolute Gasteiger partial charge is 0.171 e. The Labute approximate surface area is 134 Å². The number of anilines is 1. The van der Waals surface area contributed by atoms with Crippen LogP contribution in [0.15, 0.2) is 27.8 Å². The van der Waals surface area contributed by atoms with Crippen LogP contribution in [0.4, 0.5) is 5.69 Å². The van der Waals surface area contributed by atoms with E-state index in [1.165, 1.54) is 25.1 Å². The molecule has 1 saturated heterocycles. The van der Waals surface area contributed by atoms with Crippen LogP contribution in [-0.2, 0) is 0 Å². The van der Waals surface area contributed by atoms with Crippen LogP contribution in [0.3, 0.4) is 0 Å². The van der Waals surface area contributed by atoms with Crippen LogP contribution in [-0.4, -0.2) is 49.7 Å². The van der Waals surface area contributed by atoms with Crippen molar-refractivity contribution < 1.29 is 5.21 Å². The first-order valence-corrected chi connectivity index (χ1v) is 7.97. The fourth-order valence-corrected chi connectivity index (χ4v) is 3.42. The highest BCUT2D eigenvalue weighted by Crippen LogP contribution is 2.28. The Bertz CT molecular complexity index is 510. The first-order valence-electron chi connectivity index (χ1n) is 7.18. The van der Waals surface area contributed by atoms with Gasteiger partial charge in [0, 0.05) is 35.4 Å². The van der Waals surface area contributed by atoms with Crippen molar-refractivity contribution in [1.82, 2.24) is 4.90 Å². The first-order chi connectivity index (χ1) is 10.0. The molecule has 0 spiro atoms. The summed E-state index contributed by atoms with van der Waals surface area (Å²) in [6.45, 7) is 3.32. The minimum atomic E-state index is 0.123. The van der Waals surface area contributed by atoms with Crippen molar-refractivity contribution in [2.45, 2.75) is 12.8 Å². The number of hydrogen-bond donors (Lipinski definition) is 2. The first kappa shape index (κ1) is 16.1. The third-order valence-corrected chi connectivity index (χ3v) is 4.60. The largest absolute Gasteiger partial charge is 0.409 e. The number of hydrogen-bond acceptors (Lipinski definition) is 4. The van der Waals surface area contributed by atoms with Crippen LogP contribution in [0, 0.1) is 5.92 Å². The Balaban J connectivity index is 2.02. The molecule has 1 fully saturated rings. The summed E-state index contributed by atoms with van der Waals surface area (Å²) in [6.07, 6.45) is 2.44. The van der Waals surface area contributed by atoms with Crippen molar-refractivity contribution in [3.05, 3.63) is 28.2 Å². The van der Waals surface area contributed by atoms with E-state index in [0.717, 1.165) is 23.5 Å². The molecule has 1 aliphatic rings. The lowest BCUT2D eigenvalue weighted by Gasteiger charge is -2.34. The zero-order chi connectivity index (χ0) is 15.4. The molecule has 1 aromatic rings. The van der Waals surface area contributed by atoms with E-state index in [9.17, 15) is 0 Å². The van der Waals surface area contributed by atoms with Gasteiger partial charge in [-0.15, -0.1) is 0 Å². The lowest BCUT2D eigenvalue weighted by Crippen LogP contribution is -2.37. The Morgan fingerprint density at radius 1 is 1.43 bits per heavy atom. The van der Waals surface area contributed by atoms with Gasteiger partial charge in [-0.1, -0.05) is 5.16 Å². The van der Waals surface area contributed by atoms with E-state index in [1.807, 2.05) is 18.2 Å². The quantitative estimate of drug-likeness (QED) is 0.377. The molecule has 0 unspecified atom stereocenters. The maximum atomic E-state index is 8.76. The summed E-state index contributed by atoms with van der Waals surface area (Å²) in [5.41, 5.74) is 7.53. The van der Waals surface area contributed by atoms with Gasteiger partial charge in [0.05, 0.1) is 0 Å². The maximum absolute atomic E-state index is 8.76. The summed E-state index contributed by atoms with van der Waals surface area (Å²) in [7, 11) is 4.27. The zero-order valence-corrected chi connectivity index (χ0v) is 14.2. The van der Waals surface area contributed by atoms with E-state index < -0.39 is 0 Å². The molecular weight excluding hydrogens is 332 g/mol. The highest BCUT2D eigenvalue weighted by molar-refractivity contribution is 9.10. The van der Waals surface area contributed by atoms with Crippen LogP contribution < -0.4 is 10.6 Å². The molecule has 1 aliphatic heterocycles. The van der Waals surface area contributed by atoms with E-state index >= 15 is 0 Å². The maximum Gasteiger partial charge on any atom is 0.171 e. The number of nitrogens with zero attached hydrogens (tertiary/aromatic N) is 3. The molecule has 0 saturated carbocycles. The normalized spacial score (nSPS) is 17.5. The van der Waals surface area contributed by atoms with E-state index in [-0.39, 0.29) is 5.84 Å². The number of piperidine rings is 1. The van der Waals surface area contributed by atoms with Gasteiger partial charge in [-0.2, -0.15) is 0 Å². The minimum Gasteiger partial charge on any atom is -0.409 e. The predicted molar refractivity (Wildman–Crippen MR) is 90.1 cm³/mol. The summed E-state index contributed by atoms with van der Waals surface area (Å²) in [5, 5.41) is 11.8. The average molecular weight is 355 g/mol. The van der Waals surface area contributed by atoms with Crippen molar-refractivity contribution >= 4 is 27.5 Å². The number of oxime groups is 1. The van der Waals surface area contributed by atoms with Crippen LogP contribution >= 0.6 is 15.9 Å². The topological polar surface area (TPSA) is 65.1 Å². The fourth-order valence-electron chi connectivity index (χ4n) is 2.85. The van der Waals surface area contributed by atoms with Gasteiger partial charge in [0.2, 0.25) is 0 Å². The summed E-state index contributed by atoms with van der Waals surface area (Å²) in [4.78, 5) is 4.66. The lowest BCUT2D eigenvalue weighted by molar-refractivity contribution is 0.285. The van der Waals surface area contributed by atoms with Crippen molar-refractivity contribution in [2.24, 2.45) is 16.8 Å². The van der Waals surface area contributed by atoms with Crippen LogP contribution in [0.1, 0.15) is 18.4 Å². The molecule has 21 heavy (non-hydrogen) atoms. The molecule has 0 amide bonds. The Morgan fingerprint density at radius 2 is 2.10 bits per heavy atom. The van der Waals surface area contributed by atoms with Crippen molar-refractivity contribution in [2.75, 3.05) is 38.6 Å². The van der Waals surface area contributed by atoms with Crippen molar-refractivity contribution in [3.63, 3.8) is 0 Å². The van der Waals surface area contributed by atoms with Gasteiger partial charge in [0.25, 0.3) is 0 Å². The van der Waals surface area contributed by atoms with Crippen LogP contribution in [0.25, 0.3) is 0 Å². The molecule has 0 aliphatic carbocycles. The fraction of sp³-hybridized carbons (Fsp3) is 0.533. The monoisotopic (exact) mass is 354 g/mol. The third-order valence-electron chi connectivity index (χ3n) is 3.94. The molecule has 0 aromatic heterocycles. The molecule has 6 heteroatoms. The number of halogens is 1. The minimum absolute atomic E-state index is 0.123. The molecule has 1 heterocycles. The second-order valence-electron chi connectivity index (χ2n) is 5.84. The van der Waals surface area contributed by atoms with Gasteiger partial charge in [0.1, 0.15) is 0 Å². The van der Waals surface area contributed by atoms with Gasteiger partial charge in [-0.3, -0.25) is 0 Å². The molecule has 1 aromatic carbocycles. The van der Waals surface area contributed by atoms with Gasteiger partial charge >= 0.3 is 0 Å². The average Bonchev–Trinajstić information content (AvgIpc) is 2.46. The molecule has 2 rings (SSSR count). The Kier molecular flexibility index (Phi) is 5.47. The van der Waals surface area contributed by atoms with Crippen LogP contribution in [0.5, 0.6) is 0 Å². The van der Waals surface area contributed by atoms with E-state index in [0.29, 0.717) is 5.56 Å². The zero-order valence-electron chi connectivity index (χ0n) is 12.6. The molecule has 3 N–H and O–H groups in total. The van der Waals surface area contributed by atoms with E-state index in [2.05, 4.69) is 45.0 Å². The van der Waals surface area contributed by atoms with Crippen LogP contribution in [0.2, 0.25) is 0 Å². The standard InChI is InChI=1S/C15H23BrN4O/c1-19(2)10-11-5-7-20(8-6-11)12-3-4-13(14(16)9-12)15(17)18-21/h3-4,9,11,21H,5-8,10H2,1-2H3,(H2,17,18). The van der Waals surface area contributed by atoms with Gasteiger partial charge in [-0.05, 0) is 67.0 Å². The third kappa shape index (κ3) is 4.11. The Morgan fingerprint density at radius 3 is 2.62 bits per heavy atom. The summed E-state index contributed by atoms with van der Waals surface area (Å²) in [5.74, 6) is 0.911. The Hall–Kier alpha value is -1.27. The van der Waals surface area contributed by atoms with Gasteiger partial charge in [-0.25, -0.2) is 0 Å². The van der Waals surface area contributed by atoms with Gasteiger partial charge < -0.3 is 20.7 Å². The summed E-state index contributed by atoms with van der Waals surface area (Å²) < 4.78 is 0.853. The number of nitrogens with two attached hydrogens (primary N) is 1. The predicted octanol–water partition coefficient (Wildman–Crippen LogP) is 2.32. The second-order valence-corrected chi connectivity index (χ2v) is 6.70. The molecular formula is C15H23BrN4O. The number of rotatable bonds is 4. The van der Waals surface area contributed by atoms with Gasteiger partial charge in [0.15, 0.2) is 5.84 Å². The molecule has 116 valence electrons. The summed E-state index contributed by atoms with van der Waals surface area (Å²) >= 11 is 3.49. The lowest BCUT2D eigenvalue weighted by atomic mass is 9.96. The van der Waals surface area contributed by atoms with Crippen molar-refractivity contribution in [1.29, 1.82) is 0 Å². The molecule has 5 nitrogen and oxygen atoms in total. The highest BCUT2D eigenvalue weighted by atomic mass is 79.9. The second kappa shape index (κ2) is 7.13.